The molecule has 0 aliphatic rings. The molecule has 0 saturated heterocycles. The molecule has 1 aromatic heterocycles. The number of hydrogen-bond donors (Lipinski definition) is 2. The van der Waals surface area contributed by atoms with Gasteiger partial charge in [-0.2, -0.15) is 0 Å². The summed E-state index contributed by atoms with van der Waals surface area (Å²) in [6.45, 7) is 0. The van der Waals surface area contributed by atoms with Crippen molar-refractivity contribution in [3.05, 3.63) is 52.3 Å². The number of likely N-dealkylation sites (N-methyl/N-ethyl adjacent to an activating group) is 1. The molecular formula is C15H16BrN3O2. The van der Waals surface area contributed by atoms with E-state index in [0.29, 0.717) is 11.4 Å². The predicted octanol–water partition coefficient (Wildman–Crippen LogP) is 2.33. The number of carbonyl (C=O) groups excluding carboxylic acids is 2. The highest BCUT2D eigenvalue weighted by Crippen LogP contribution is 2.19. The van der Waals surface area contributed by atoms with Gasteiger partial charge in [-0.1, -0.05) is 18.2 Å². The lowest BCUT2D eigenvalue weighted by Crippen LogP contribution is -2.22. The number of aromatic nitrogens is 1. The smallest absolute Gasteiger partial charge is 0.272 e. The number of carbonyl (C=O) groups is 2. The van der Waals surface area contributed by atoms with Gasteiger partial charge < -0.3 is 15.2 Å². The number of rotatable bonds is 4. The Balaban J connectivity index is 2.21. The number of hydrogen-bond acceptors (Lipinski definition) is 2. The van der Waals surface area contributed by atoms with Crippen LogP contribution < -0.4 is 10.6 Å². The first-order valence-corrected chi connectivity index (χ1v) is 7.22. The molecule has 0 aliphatic heterocycles. The maximum absolute atomic E-state index is 12.3. The second kappa shape index (κ2) is 6.58. The molecule has 1 aromatic carbocycles. The monoisotopic (exact) mass is 349 g/mol. The second-order valence-electron chi connectivity index (χ2n) is 4.62. The van der Waals surface area contributed by atoms with Crippen molar-refractivity contribution >= 4 is 33.4 Å². The first-order chi connectivity index (χ1) is 10.0. The summed E-state index contributed by atoms with van der Waals surface area (Å²) in [5.74, 6) is -0.314. The van der Waals surface area contributed by atoms with Gasteiger partial charge in [-0.25, -0.2) is 0 Å². The first-order valence-electron chi connectivity index (χ1n) is 6.43. The summed E-state index contributed by atoms with van der Waals surface area (Å²) in [4.78, 5) is 23.8. The quantitative estimate of drug-likeness (QED) is 0.889. The third-order valence-electron chi connectivity index (χ3n) is 3.10. The average molecular weight is 350 g/mol. The molecule has 110 valence electrons. The molecule has 1 heterocycles. The van der Waals surface area contributed by atoms with Crippen molar-refractivity contribution < 1.29 is 9.59 Å². The van der Waals surface area contributed by atoms with Crippen LogP contribution in [0.3, 0.4) is 0 Å². The molecule has 0 radical (unpaired) electrons. The van der Waals surface area contributed by atoms with Gasteiger partial charge in [-0.15, -0.1) is 0 Å². The van der Waals surface area contributed by atoms with Gasteiger partial charge in [0.1, 0.15) is 5.69 Å². The van der Waals surface area contributed by atoms with E-state index in [1.807, 2.05) is 24.4 Å². The molecule has 5 nitrogen and oxygen atoms in total. The molecule has 2 amide bonds. The average Bonchev–Trinajstić information content (AvgIpc) is 2.79. The molecule has 0 bridgehead atoms. The van der Waals surface area contributed by atoms with Crippen molar-refractivity contribution in [3.63, 3.8) is 0 Å². The summed E-state index contributed by atoms with van der Waals surface area (Å²) in [5, 5.41) is 5.43. The number of benzene rings is 1. The van der Waals surface area contributed by atoms with Crippen LogP contribution >= 0.6 is 15.9 Å². The molecule has 0 saturated carbocycles. The Morgan fingerprint density at radius 1 is 1.29 bits per heavy atom. The van der Waals surface area contributed by atoms with Gasteiger partial charge in [0.2, 0.25) is 5.91 Å². The lowest BCUT2D eigenvalue weighted by Gasteiger charge is -2.11. The number of amides is 2. The van der Waals surface area contributed by atoms with E-state index in [1.54, 1.807) is 30.8 Å². The van der Waals surface area contributed by atoms with Crippen LogP contribution in [-0.4, -0.2) is 23.4 Å². The van der Waals surface area contributed by atoms with Gasteiger partial charge >= 0.3 is 0 Å². The van der Waals surface area contributed by atoms with Gasteiger partial charge in [0.15, 0.2) is 0 Å². The zero-order valence-corrected chi connectivity index (χ0v) is 13.4. The number of nitrogens with one attached hydrogen (secondary N) is 2. The third-order valence-corrected chi connectivity index (χ3v) is 3.53. The fourth-order valence-corrected chi connectivity index (χ4v) is 2.52. The third kappa shape index (κ3) is 3.72. The molecule has 2 N–H and O–H groups in total. The molecule has 0 unspecified atom stereocenters. The van der Waals surface area contributed by atoms with Crippen molar-refractivity contribution in [1.82, 2.24) is 9.88 Å². The van der Waals surface area contributed by atoms with Crippen LogP contribution in [0.2, 0.25) is 0 Å². The molecule has 21 heavy (non-hydrogen) atoms. The zero-order valence-electron chi connectivity index (χ0n) is 11.8. The van der Waals surface area contributed by atoms with E-state index >= 15 is 0 Å². The highest BCUT2D eigenvalue weighted by Gasteiger charge is 2.14. The Morgan fingerprint density at radius 3 is 2.62 bits per heavy atom. The summed E-state index contributed by atoms with van der Waals surface area (Å²) in [6.07, 6.45) is 2.04. The Bertz CT molecular complexity index is 679. The summed E-state index contributed by atoms with van der Waals surface area (Å²) in [7, 11) is 3.39. The summed E-state index contributed by atoms with van der Waals surface area (Å²) >= 11 is 3.34. The van der Waals surface area contributed by atoms with E-state index in [-0.39, 0.29) is 18.2 Å². The van der Waals surface area contributed by atoms with Crippen LogP contribution in [0.15, 0.2) is 41.0 Å². The minimum Gasteiger partial charge on any atom is -0.359 e. The van der Waals surface area contributed by atoms with Crippen LogP contribution in [0, 0.1) is 0 Å². The number of aryl methyl sites for hydroxylation is 1. The van der Waals surface area contributed by atoms with Crippen molar-refractivity contribution in [1.29, 1.82) is 0 Å². The van der Waals surface area contributed by atoms with Crippen molar-refractivity contribution in [3.8, 4) is 0 Å². The van der Waals surface area contributed by atoms with Crippen molar-refractivity contribution in [2.45, 2.75) is 6.42 Å². The number of halogens is 1. The van der Waals surface area contributed by atoms with Crippen LogP contribution in [0.1, 0.15) is 16.1 Å². The van der Waals surface area contributed by atoms with Crippen LogP contribution in [0.5, 0.6) is 0 Å². The SMILES string of the molecule is CNC(=O)Cc1ccccc1NC(=O)c1cc(Br)cn1C. The summed E-state index contributed by atoms with van der Waals surface area (Å²) in [6, 6.07) is 9.02. The van der Waals surface area contributed by atoms with E-state index in [2.05, 4.69) is 26.6 Å². The second-order valence-corrected chi connectivity index (χ2v) is 5.53. The first kappa shape index (κ1) is 15.3. The molecule has 6 heteroatoms. The van der Waals surface area contributed by atoms with Crippen LogP contribution in [0.4, 0.5) is 5.69 Å². The Kier molecular flexibility index (Phi) is 4.80. The molecule has 0 atom stereocenters. The van der Waals surface area contributed by atoms with E-state index in [4.69, 9.17) is 0 Å². The Labute approximate surface area is 131 Å². The molecule has 0 aliphatic carbocycles. The predicted molar refractivity (Wildman–Crippen MR) is 85.3 cm³/mol. The minimum atomic E-state index is -0.215. The fourth-order valence-electron chi connectivity index (χ4n) is 1.99. The molecule has 2 rings (SSSR count). The van der Waals surface area contributed by atoms with E-state index in [9.17, 15) is 9.59 Å². The zero-order chi connectivity index (χ0) is 15.4. The standard InChI is InChI=1S/C15H16BrN3O2/c1-17-14(20)7-10-5-3-4-6-12(10)18-15(21)13-8-11(16)9-19(13)2/h3-6,8-9H,7H2,1-2H3,(H,17,20)(H,18,21). The lowest BCUT2D eigenvalue weighted by molar-refractivity contribution is -0.119. The molecule has 0 fully saturated rings. The fraction of sp³-hybridized carbons (Fsp3) is 0.200. The van der Waals surface area contributed by atoms with E-state index in [1.165, 1.54) is 0 Å². The van der Waals surface area contributed by atoms with Gasteiger partial charge in [-0.05, 0) is 33.6 Å². The number of para-hydroxylation sites is 1. The van der Waals surface area contributed by atoms with Crippen LogP contribution in [-0.2, 0) is 18.3 Å². The normalized spacial score (nSPS) is 10.2. The maximum Gasteiger partial charge on any atom is 0.272 e. The highest BCUT2D eigenvalue weighted by atomic mass is 79.9. The van der Waals surface area contributed by atoms with E-state index < -0.39 is 0 Å². The number of anilines is 1. The summed E-state index contributed by atoms with van der Waals surface area (Å²) < 4.78 is 2.58. The highest BCUT2D eigenvalue weighted by molar-refractivity contribution is 9.10. The Hall–Kier alpha value is -2.08. The van der Waals surface area contributed by atoms with Gasteiger partial charge in [0.05, 0.1) is 6.42 Å². The molecule has 0 spiro atoms. The molecular weight excluding hydrogens is 334 g/mol. The lowest BCUT2D eigenvalue weighted by atomic mass is 10.1. The molecule has 2 aromatic rings. The maximum atomic E-state index is 12.3. The topological polar surface area (TPSA) is 63.1 Å². The minimum absolute atomic E-state index is 0.0988. The Morgan fingerprint density at radius 2 is 2.00 bits per heavy atom. The van der Waals surface area contributed by atoms with Crippen LogP contribution in [0.25, 0.3) is 0 Å². The summed E-state index contributed by atoms with van der Waals surface area (Å²) in [5.41, 5.74) is 1.96. The number of nitrogens with zero attached hydrogens (tertiary/aromatic N) is 1. The van der Waals surface area contributed by atoms with Crippen molar-refractivity contribution in [2.75, 3.05) is 12.4 Å². The van der Waals surface area contributed by atoms with Gasteiger partial charge in [-0.3, -0.25) is 9.59 Å². The van der Waals surface area contributed by atoms with Gasteiger partial charge in [0, 0.05) is 30.5 Å². The largest absolute Gasteiger partial charge is 0.359 e. The van der Waals surface area contributed by atoms with Gasteiger partial charge in [0.25, 0.3) is 5.91 Å². The van der Waals surface area contributed by atoms with E-state index in [0.717, 1.165) is 10.0 Å². The van der Waals surface area contributed by atoms with Crippen molar-refractivity contribution in [2.24, 2.45) is 7.05 Å².